The number of rotatable bonds is 3. The monoisotopic (exact) mass is 379 g/mol. The van der Waals surface area contributed by atoms with Crippen molar-refractivity contribution in [2.75, 3.05) is 5.73 Å². The van der Waals surface area contributed by atoms with Gasteiger partial charge in [-0.05, 0) is 49.2 Å². The summed E-state index contributed by atoms with van der Waals surface area (Å²) >= 11 is 18.7. The van der Waals surface area contributed by atoms with Gasteiger partial charge in [0, 0.05) is 31.9 Å². The van der Waals surface area contributed by atoms with Crippen molar-refractivity contribution < 1.29 is 4.52 Å². The average Bonchev–Trinajstić information content (AvgIpc) is 3.15. The molecule has 3 aromatic rings. The van der Waals surface area contributed by atoms with Crippen LogP contribution in [0.5, 0.6) is 0 Å². The fraction of sp³-hybridized carbons (Fsp3) is 0.176. The van der Waals surface area contributed by atoms with E-state index >= 15 is 0 Å². The lowest BCUT2D eigenvalue weighted by Crippen LogP contribution is -2.12. The Bertz CT molecular complexity index is 894. The van der Waals surface area contributed by atoms with Gasteiger partial charge in [0.1, 0.15) is 0 Å². The second-order valence-corrected chi connectivity index (χ2v) is 7.12. The van der Waals surface area contributed by atoms with Crippen molar-refractivity contribution in [3.8, 4) is 11.5 Å². The van der Waals surface area contributed by atoms with E-state index in [0.717, 1.165) is 24.0 Å². The van der Waals surface area contributed by atoms with Crippen LogP contribution in [-0.2, 0) is 5.41 Å². The van der Waals surface area contributed by atoms with E-state index in [2.05, 4.69) is 10.1 Å². The highest BCUT2D eigenvalue weighted by molar-refractivity contribution is 6.36. The van der Waals surface area contributed by atoms with Crippen LogP contribution < -0.4 is 5.73 Å². The summed E-state index contributed by atoms with van der Waals surface area (Å²) in [4.78, 5) is 4.56. The zero-order chi connectivity index (χ0) is 16.9. The van der Waals surface area contributed by atoms with Crippen molar-refractivity contribution in [3.63, 3.8) is 0 Å². The summed E-state index contributed by atoms with van der Waals surface area (Å²) in [5, 5.41) is 5.86. The molecule has 0 radical (unpaired) electrons. The minimum atomic E-state index is -0.407. The first-order chi connectivity index (χ1) is 11.5. The molecule has 0 saturated heterocycles. The van der Waals surface area contributed by atoms with Crippen molar-refractivity contribution >= 4 is 40.5 Å². The molecule has 0 unspecified atom stereocenters. The van der Waals surface area contributed by atoms with Crippen LogP contribution in [-0.4, -0.2) is 10.1 Å². The molecule has 0 spiro atoms. The van der Waals surface area contributed by atoms with Crippen molar-refractivity contribution in [1.29, 1.82) is 0 Å². The largest absolute Gasteiger partial charge is 0.399 e. The Labute approximate surface area is 153 Å². The highest BCUT2D eigenvalue weighted by Gasteiger charge is 2.52. The van der Waals surface area contributed by atoms with Crippen LogP contribution in [0.4, 0.5) is 5.69 Å². The fourth-order valence-corrected chi connectivity index (χ4v) is 3.88. The van der Waals surface area contributed by atoms with Gasteiger partial charge in [0.15, 0.2) is 5.82 Å². The van der Waals surface area contributed by atoms with E-state index < -0.39 is 5.41 Å². The molecule has 0 bridgehead atoms. The second-order valence-electron chi connectivity index (χ2n) is 5.87. The summed E-state index contributed by atoms with van der Waals surface area (Å²) in [5.41, 5.74) is 7.53. The molecule has 122 valence electrons. The van der Waals surface area contributed by atoms with Crippen molar-refractivity contribution in [1.82, 2.24) is 10.1 Å². The Hall–Kier alpha value is -1.75. The van der Waals surface area contributed by atoms with Gasteiger partial charge >= 0.3 is 0 Å². The Balaban J connectivity index is 1.76. The smallest absolute Gasteiger partial charge is 0.257 e. The minimum Gasteiger partial charge on any atom is -0.399 e. The molecule has 1 saturated carbocycles. The topological polar surface area (TPSA) is 64.9 Å². The highest BCUT2D eigenvalue weighted by Crippen LogP contribution is 2.56. The SMILES string of the molecule is Nc1cc(Cl)c(C2(c3noc(-c4ccc(Cl)cc4)n3)CC2)c(Cl)c1. The summed E-state index contributed by atoms with van der Waals surface area (Å²) in [5.74, 6) is 1.02. The third-order valence-corrected chi connectivity index (χ3v) is 5.09. The predicted octanol–water partition coefficient (Wildman–Crippen LogP) is 5.36. The zero-order valence-corrected chi connectivity index (χ0v) is 14.7. The van der Waals surface area contributed by atoms with Gasteiger partial charge in [0.25, 0.3) is 5.89 Å². The maximum Gasteiger partial charge on any atom is 0.257 e. The van der Waals surface area contributed by atoms with E-state index in [9.17, 15) is 0 Å². The third-order valence-electron chi connectivity index (χ3n) is 4.24. The van der Waals surface area contributed by atoms with Crippen LogP contribution in [0.3, 0.4) is 0 Å². The first kappa shape index (κ1) is 15.8. The molecule has 7 heteroatoms. The van der Waals surface area contributed by atoms with Gasteiger partial charge in [-0.15, -0.1) is 0 Å². The van der Waals surface area contributed by atoms with Crippen molar-refractivity contribution in [2.45, 2.75) is 18.3 Å². The van der Waals surface area contributed by atoms with E-state index in [1.54, 1.807) is 24.3 Å². The van der Waals surface area contributed by atoms with Crippen LogP contribution in [0.1, 0.15) is 24.2 Å². The molecule has 0 amide bonds. The quantitative estimate of drug-likeness (QED) is 0.621. The van der Waals surface area contributed by atoms with E-state index in [1.807, 2.05) is 12.1 Å². The standard InChI is InChI=1S/C17H12Cl3N3O/c18-10-3-1-9(2-4-10)15-22-16(23-24-15)17(5-6-17)14-12(19)7-11(21)8-13(14)20/h1-4,7-8H,5-6,21H2. The molecule has 0 atom stereocenters. The van der Waals surface area contributed by atoms with E-state index in [0.29, 0.717) is 32.5 Å². The van der Waals surface area contributed by atoms with Crippen molar-refractivity contribution in [3.05, 3.63) is 62.9 Å². The molecular formula is C17H12Cl3N3O. The minimum absolute atomic E-state index is 0.407. The molecule has 2 N–H and O–H groups in total. The van der Waals surface area contributed by atoms with Gasteiger partial charge in [0.2, 0.25) is 0 Å². The molecular weight excluding hydrogens is 369 g/mol. The second kappa shape index (κ2) is 5.66. The Morgan fingerprint density at radius 3 is 2.21 bits per heavy atom. The number of anilines is 1. The maximum absolute atomic E-state index is 6.39. The molecule has 24 heavy (non-hydrogen) atoms. The normalized spacial score (nSPS) is 15.5. The van der Waals surface area contributed by atoms with Crippen LogP contribution in [0.15, 0.2) is 40.9 Å². The molecule has 2 aromatic carbocycles. The van der Waals surface area contributed by atoms with Crippen LogP contribution >= 0.6 is 34.8 Å². The van der Waals surface area contributed by atoms with Gasteiger partial charge in [-0.25, -0.2) is 0 Å². The number of hydrogen-bond acceptors (Lipinski definition) is 4. The number of nitrogens with two attached hydrogens (primary N) is 1. The number of hydrogen-bond donors (Lipinski definition) is 1. The number of nitrogens with zero attached hydrogens (tertiary/aromatic N) is 2. The molecule has 1 aliphatic carbocycles. The van der Waals surface area contributed by atoms with Crippen LogP contribution in [0.25, 0.3) is 11.5 Å². The van der Waals surface area contributed by atoms with Crippen molar-refractivity contribution in [2.24, 2.45) is 0 Å². The van der Waals surface area contributed by atoms with Crippen LogP contribution in [0, 0.1) is 0 Å². The molecule has 4 rings (SSSR count). The van der Waals surface area contributed by atoms with Gasteiger partial charge in [0.05, 0.1) is 5.41 Å². The molecule has 4 nitrogen and oxygen atoms in total. The Kier molecular flexibility index (Phi) is 3.71. The van der Waals surface area contributed by atoms with Gasteiger partial charge in [-0.1, -0.05) is 40.0 Å². The first-order valence-corrected chi connectivity index (χ1v) is 8.48. The number of aromatic nitrogens is 2. The van der Waals surface area contributed by atoms with Gasteiger partial charge in [-0.3, -0.25) is 0 Å². The fourth-order valence-electron chi connectivity index (χ4n) is 2.89. The van der Waals surface area contributed by atoms with Gasteiger partial charge < -0.3 is 10.3 Å². The first-order valence-electron chi connectivity index (χ1n) is 7.35. The van der Waals surface area contributed by atoms with Gasteiger partial charge in [-0.2, -0.15) is 4.98 Å². The molecule has 0 aliphatic heterocycles. The summed E-state index contributed by atoms with van der Waals surface area (Å²) in [6.45, 7) is 0. The maximum atomic E-state index is 6.39. The zero-order valence-electron chi connectivity index (χ0n) is 12.4. The molecule has 1 heterocycles. The highest BCUT2D eigenvalue weighted by atomic mass is 35.5. The molecule has 1 aromatic heterocycles. The summed E-state index contributed by atoms with van der Waals surface area (Å²) in [6, 6.07) is 10.6. The average molecular weight is 381 g/mol. The lowest BCUT2D eigenvalue weighted by Gasteiger charge is -2.15. The summed E-state index contributed by atoms with van der Waals surface area (Å²) in [6.07, 6.45) is 1.71. The summed E-state index contributed by atoms with van der Waals surface area (Å²) < 4.78 is 5.43. The van der Waals surface area contributed by atoms with E-state index in [1.165, 1.54) is 0 Å². The molecule has 1 aliphatic rings. The van der Waals surface area contributed by atoms with E-state index in [4.69, 9.17) is 45.1 Å². The van der Waals surface area contributed by atoms with Crippen LogP contribution in [0.2, 0.25) is 15.1 Å². The Morgan fingerprint density at radius 1 is 1.00 bits per heavy atom. The number of benzene rings is 2. The lowest BCUT2D eigenvalue weighted by atomic mass is 9.94. The summed E-state index contributed by atoms with van der Waals surface area (Å²) in [7, 11) is 0. The predicted molar refractivity (Wildman–Crippen MR) is 95.6 cm³/mol. The Morgan fingerprint density at radius 2 is 1.62 bits per heavy atom. The lowest BCUT2D eigenvalue weighted by molar-refractivity contribution is 0.418. The number of nitrogen functional groups attached to an aromatic ring is 1. The molecule has 1 fully saturated rings. The third kappa shape index (κ3) is 2.55. The number of halogens is 3. The van der Waals surface area contributed by atoms with E-state index in [-0.39, 0.29) is 0 Å².